The van der Waals surface area contributed by atoms with E-state index in [2.05, 4.69) is 16.3 Å². The zero-order valence-electron chi connectivity index (χ0n) is 15.0. The van der Waals surface area contributed by atoms with Crippen molar-refractivity contribution in [3.05, 3.63) is 53.5 Å². The molecule has 0 spiro atoms. The number of sulfonamides is 1. The molecule has 1 aliphatic heterocycles. The van der Waals surface area contributed by atoms with Gasteiger partial charge >= 0.3 is 0 Å². The van der Waals surface area contributed by atoms with Gasteiger partial charge in [0.25, 0.3) is 0 Å². The lowest BCUT2D eigenvalue weighted by molar-refractivity contribution is -0.117. The standard InChI is InChI=1S/C19H20N4O3S2/c20-28(25,26)14-9-7-13(8-10-14)21-18(24)12-23-11-3-5-16(23)19-22-15-4-1-2-6-17(15)27-19/h1-2,4,6-10,16H,3,5,11-12H2,(H,21,24)(H2,20,25,26)/t16-/m0/s1. The highest BCUT2D eigenvalue weighted by Crippen LogP contribution is 2.36. The van der Waals surface area contributed by atoms with Crippen molar-refractivity contribution in [2.24, 2.45) is 5.14 Å². The van der Waals surface area contributed by atoms with Gasteiger partial charge in [-0.2, -0.15) is 0 Å². The number of primary sulfonamides is 1. The first-order chi connectivity index (χ1) is 13.4. The summed E-state index contributed by atoms with van der Waals surface area (Å²) in [6.07, 6.45) is 2.01. The van der Waals surface area contributed by atoms with Gasteiger partial charge in [0.05, 0.1) is 27.7 Å². The van der Waals surface area contributed by atoms with Gasteiger partial charge in [0.1, 0.15) is 5.01 Å². The number of carbonyl (C=O) groups excluding carboxylic acids is 1. The summed E-state index contributed by atoms with van der Waals surface area (Å²) < 4.78 is 23.8. The molecule has 9 heteroatoms. The maximum Gasteiger partial charge on any atom is 0.238 e. The minimum Gasteiger partial charge on any atom is -0.325 e. The molecule has 0 bridgehead atoms. The topological polar surface area (TPSA) is 105 Å². The summed E-state index contributed by atoms with van der Waals surface area (Å²) in [7, 11) is -3.74. The van der Waals surface area contributed by atoms with E-state index in [0.29, 0.717) is 5.69 Å². The predicted molar refractivity (Wildman–Crippen MR) is 110 cm³/mol. The Kier molecular flexibility index (Phi) is 5.15. The van der Waals surface area contributed by atoms with Crippen LogP contribution in [0.2, 0.25) is 0 Å². The molecule has 146 valence electrons. The number of nitrogens with one attached hydrogen (secondary N) is 1. The minimum absolute atomic E-state index is 0.0148. The largest absolute Gasteiger partial charge is 0.325 e. The van der Waals surface area contributed by atoms with Gasteiger partial charge in [-0.3, -0.25) is 9.69 Å². The second-order valence-electron chi connectivity index (χ2n) is 6.77. The second-order valence-corrected chi connectivity index (χ2v) is 9.39. The summed E-state index contributed by atoms with van der Waals surface area (Å²) in [4.78, 5) is 19.4. The lowest BCUT2D eigenvalue weighted by atomic mass is 10.2. The molecule has 0 radical (unpaired) electrons. The number of hydrogen-bond donors (Lipinski definition) is 2. The second kappa shape index (κ2) is 7.59. The molecule has 0 unspecified atom stereocenters. The van der Waals surface area contributed by atoms with Crippen molar-refractivity contribution in [1.29, 1.82) is 0 Å². The monoisotopic (exact) mass is 416 g/mol. The Balaban J connectivity index is 1.43. The molecular formula is C19H20N4O3S2. The molecule has 3 aromatic rings. The normalized spacial score (nSPS) is 17.8. The van der Waals surface area contributed by atoms with Crippen molar-refractivity contribution in [1.82, 2.24) is 9.88 Å². The lowest BCUT2D eigenvalue weighted by Gasteiger charge is -2.22. The molecule has 4 rings (SSSR count). The zero-order valence-corrected chi connectivity index (χ0v) is 16.7. The molecule has 1 aliphatic rings. The highest BCUT2D eigenvalue weighted by atomic mass is 32.2. The van der Waals surface area contributed by atoms with Crippen LogP contribution in [0.25, 0.3) is 10.2 Å². The number of thiazole rings is 1. The first-order valence-corrected chi connectivity index (χ1v) is 11.3. The Hall–Kier alpha value is -2.33. The van der Waals surface area contributed by atoms with Gasteiger partial charge in [-0.1, -0.05) is 12.1 Å². The molecule has 7 nitrogen and oxygen atoms in total. The van der Waals surface area contributed by atoms with Gasteiger partial charge in [-0.25, -0.2) is 18.5 Å². The molecular weight excluding hydrogens is 396 g/mol. The quantitative estimate of drug-likeness (QED) is 0.665. The zero-order chi connectivity index (χ0) is 19.7. The molecule has 0 aliphatic carbocycles. The third-order valence-corrected chi connectivity index (χ3v) is 6.84. The number of rotatable bonds is 5. The third-order valence-electron chi connectivity index (χ3n) is 4.77. The maximum absolute atomic E-state index is 12.5. The summed E-state index contributed by atoms with van der Waals surface area (Å²) >= 11 is 1.68. The number of carbonyl (C=O) groups is 1. The number of nitrogens with two attached hydrogens (primary N) is 1. The van der Waals surface area contributed by atoms with E-state index in [1.165, 1.54) is 24.3 Å². The van der Waals surface area contributed by atoms with Crippen LogP contribution in [0.4, 0.5) is 5.69 Å². The molecule has 1 atom stereocenters. The Labute approximate surface area is 167 Å². The van der Waals surface area contributed by atoms with Crippen LogP contribution < -0.4 is 10.5 Å². The van der Waals surface area contributed by atoms with Crippen molar-refractivity contribution in [2.45, 2.75) is 23.8 Å². The number of anilines is 1. The summed E-state index contributed by atoms with van der Waals surface area (Å²) in [5, 5.41) is 8.95. The van der Waals surface area contributed by atoms with E-state index in [0.717, 1.165) is 34.6 Å². The first kappa shape index (κ1) is 19.0. The van der Waals surface area contributed by atoms with E-state index in [4.69, 9.17) is 10.1 Å². The number of aromatic nitrogens is 1. The van der Waals surface area contributed by atoms with Crippen LogP contribution in [-0.2, 0) is 14.8 Å². The maximum atomic E-state index is 12.5. The molecule has 1 amide bonds. The van der Waals surface area contributed by atoms with Gasteiger partial charge in [0.15, 0.2) is 0 Å². The number of nitrogens with zero attached hydrogens (tertiary/aromatic N) is 2. The van der Waals surface area contributed by atoms with E-state index in [1.54, 1.807) is 11.3 Å². The average molecular weight is 417 g/mol. The molecule has 2 heterocycles. The molecule has 1 fully saturated rings. The fourth-order valence-electron chi connectivity index (χ4n) is 3.44. The molecule has 2 aromatic carbocycles. The molecule has 1 aromatic heterocycles. The Morgan fingerprint density at radius 3 is 2.68 bits per heavy atom. The van der Waals surface area contributed by atoms with E-state index in [9.17, 15) is 13.2 Å². The summed E-state index contributed by atoms with van der Waals surface area (Å²) in [6, 6.07) is 14.0. The summed E-state index contributed by atoms with van der Waals surface area (Å²) in [5.41, 5.74) is 1.53. The molecule has 28 heavy (non-hydrogen) atoms. The predicted octanol–water partition coefficient (Wildman–Crippen LogP) is 2.72. The Bertz CT molecular complexity index is 1080. The highest BCUT2D eigenvalue weighted by Gasteiger charge is 2.30. The van der Waals surface area contributed by atoms with Gasteiger partial charge in [0, 0.05) is 5.69 Å². The van der Waals surface area contributed by atoms with Crippen molar-refractivity contribution >= 4 is 43.2 Å². The van der Waals surface area contributed by atoms with Crippen molar-refractivity contribution < 1.29 is 13.2 Å². The number of hydrogen-bond acceptors (Lipinski definition) is 6. The van der Waals surface area contributed by atoms with Crippen molar-refractivity contribution in [3.8, 4) is 0 Å². The molecule has 1 saturated heterocycles. The van der Waals surface area contributed by atoms with Gasteiger partial charge in [0.2, 0.25) is 15.9 Å². The van der Waals surface area contributed by atoms with E-state index in [-0.39, 0.29) is 23.4 Å². The first-order valence-electron chi connectivity index (χ1n) is 8.92. The highest BCUT2D eigenvalue weighted by molar-refractivity contribution is 7.89. The van der Waals surface area contributed by atoms with Crippen LogP contribution in [0, 0.1) is 0 Å². The van der Waals surface area contributed by atoms with Gasteiger partial charge < -0.3 is 5.32 Å². The van der Waals surface area contributed by atoms with Crippen molar-refractivity contribution in [2.75, 3.05) is 18.4 Å². The molecule has 3 N–H and O–H groups in total. The number of amides is 1. The Morgan fingerprint density at radius 2 is 1.96 bits per heavy atom. The fourth-order valence-corrected chi connectivity index (χ4v) is 5.09. The fraction of sp³-hybridized carbons (Fsp3) is 0.263. The van der Waals surface area contributed by atoms with Gasteiger partial charge in [-0.15, -0.1) is 11.3 Å². The number of fused-ring (bicyclic) bond motifs is 1. The van der Waals surface area contributed by atoms with Crippen LogP contribution in [0.5, 0.6) is 0 Å². The smallest absolute Gasteiger partial charge is 0.238 e. The van der Waals surface area contributed by atoms with Crippen LogP contribution >= 0.6 is 11.3 Å². The number of benzene rings is 2. The van der Waals surface area contributed by atoms with E-state index >= 15 is 0 Å². The van der Waals surface area contributed by atoms with E-state index in [1.807, 2.05) is 18.2 Å². The molecule has 0 saturated carbocycles. The van der Waals surface area contributed by atoms with Gasteiger partial charge in [-0.05, 0) is 55.8 Å². The van der Waals surface area contributed by atoms with Crippen LogP contribution in [0.15, 0.2) is 53.4 Å². The van der Waals surface area contributed by atoms with Crippen LogP contribution in [0.1, 0.15) is 23.9 Å². The van der Waals surface area contributed by atoms with E-state index < -0.39 is 10.0 Å². The van der Waals surface area contributed by atoms with Crippen LogP contribution in [-0.4, -0.2) is 37.3 Å². The lowest BCUT2D eigenvalue weighted by Crippen LogP contribution is -2.32. The SMILES string of the molecule is NS(=O)(=O)c1ccc(NC(=O)CN2CCC[C@H]2c2nc3ccccc3s2)cc1. The number of para-hydroxylation sites is 1. The average Bonchev–Trinajstić information content (AvgIpc) is 3.27. The summed E-state index contributed by atoms with van der Waals surface area (Å²) in [5.74, 6) is -0.142. The Morgan fingerprint density at radius 1 is 1.21 bits per heavy atom. The third kappa shape index (κ3) is 4.07. The van der Waals surface area contributed by atoms with Crippen molar-refractivity contribution in [3.63, 3.8) is 0 Å². The minimum atomic E-state index is -3.74. The van der Waals surface area contributed by atoms with Crippen LogP contribution in [0.3, 0.4) is 0 Å². The number of likely N-dealkylation sites (tertiary alicyclic amines) is 1. The summed E-state index contributed by atoms with van der Waals surface area (Å²) in [6.45, 7) is 1.11.